The Kier molecular flexibility index (Phi) is 4.87. The first-order valence-electron chi connectivity index (χ1n) is 7.50. The molecule has 1 fully saturated rings. The van der Waals surface area contributed by atoms with Crippen LogP contribution in [0.2, 0.25) is 0 Å². The zero-order valence-corrected chi connectivity index (χ0v) is 14.0. The van der Waals surface area contributed by atoms with E-state index in [1.54, 1.807) is 0 Å². The topological polar surface area (TPSA) is 44.5 Å². The number of rotatable bonds is 3. The van der Waals surface area contributed by atoms with Gasteiger partial charge >= 0.3 is 13.3 Å². The van der Waals surface area contributed by atoms with Crippen molar-refractivity contribution in [3.63, 3.8) is 0 Å². The van der Waals surface area contributed by atoms with Crippen molar-refractivity contribution >= 4 is 13.2 Å². The van der Waals surface area contributed by atoms with Crippen LogP contribution in [0.4, 0.5) is 17.6 Å². The van der Waals surface area contributed by atoms with E-state index in [0.29, 0.717) is 11.5 Å². The van der Waals surface area contributed by atoms with Crippen LogP contribution in [0.25, 0.3) is 6.08 Å². The second-order valence-electron chi connectivity index (χ2n) is 6.74. The van der Waals surface area contributed by atoms with Gasteiger partial charge in [-0.1, -0.05) is 6.08 Å². The number of nitrogens with two attached hydrogens (primary N) is 1. The first-order valence-corrected chi connectivity index (χ1v) is 7.50. The van der Waals surface area contributed by atoms with Gasteiger partial charge in [-0.25, -0.2) is 4.39 Å². The van der Waals surface area contributed by atoms with Gasteiger partial charge in [-0.2, -0.15) is 13.2 Å². The van der Waals surface area contributed by atoms with Gasteiger partial charge < -0.3 is 15.0 Å². The van der Waals surface area contributed by atoms with Gasteiger partial charge in [0.2, 0.25) is 0 Å². The molecule has 132 valence electrons. The van der Waals surface area contributed by atoms with E-state index in [2.05, 4.69) is 0 Å². The van der Waals surface area contributed by atoms with Crippen LogP contribution < -0.4 is 5.73 Å². The van der Waals surface area contributed by atoms with Crippen LogP contribution in [0.15, 0.2) is 23.7 Å². The Balaban J connectivity index is 2.44. The summed E-state index contributed by atoms with van der Waals surface area (Å²) in [6.07, 6.45) is -3.41. The molecule has 1 aliphatic heterocycles. The molecule has 0 spiro atoms. The molecular formula is C16H20BF4NO2. The van der Waals surface area contributed by atoms with Gasteiger partial charge in [-0.15, -0.1) is 0 Å². The zero-order chi connectivity index (χ0) is 18.3. The smallest absolute Gasteiger partial charge is 0.400 e. The van der Waals surface area contributed by atoms with Crippen molar-refractivity contribution in [1.82, 2.24) is 0 Å². The molecule has 0 amide bonds. The third-order valence-electron chi connectivity index (χ3n) is 4.45. The molecule has 1 aromatic rings. The Morgan fingerprint density at radius 1 is 1.17 bits per heavy atom. The monoisotopic (exact) mass is 345 g/mol. The Morgan fingerprint density at radius 2 is 1.71 bits per heavy atom. The maximum Gasteiger partial charge on any atom is 0.491 e. The highest BCUT2D eigenvalue weighted by atomic mass is 19.4. The summed E-state index contributed by atoms with van der Waals surface area (Å²) < 4.78 is 64.4. The van der Waals surface area contributed by atoms with Crippen molar-refractivity contribution in [2.75, 3.05) is 6.54 Å². The molecule has 0 atom stereocenters. The van der Waals surface area contributed by atoms with Gasteiger partial charge in [0.15, 0.2) is 0 Å². The van der Waals surface area contributed by atoms with Crippen LogP contribution in [0, 0.1) is 5.82 Å². The van der Waals surface area contributed by atoms with E-state index in [0.717, 1.165) is 12.1 Å². The maximum atomic E-state index is 13.4. The molecule has 2 rings (SSSR count). The molecular weight excluding hydrogens is 325 g/mol. The summed E-state index contributed by atoms with van der Waals surface area (Å²) in [6.45, 7) is 7.22. The average molecular weight is 345 g/mol. The number of benzene rings is 1. The molecule has 1 aliphatic rings. The number of hydrogen-bond acceptors (Lipinski definition) is 3. The van der Waals surface area contributed by atoms with Crippen LogP contribution in [0.1, 0.15) is 38.8 Å². The van der Waals surface area contributed by atoms with Crippen LogP contribution in [0.5, 0.6) is 0 Å². The molecule has 0 radical (unpaired) electrons. The fourth-order valence-corrected chi connectivity index (χ4v) is 2.33. The second-order valence-corrected chi connectivity index (χ2v) is 6.74. The summed E-state index contributed by atoms with van der Waals surface area (Å²) >= 11 is 0. The van der Waals surface area contributed by atoms with E-state index in [-0.39, 0.29) is 12.1 Å². The lowest BCUT2D eigenvalue weighted by molar-refractivity contribution is -0.137. The van der Waals surface area contributed by atoms with E-state index in [9.17, 15) is 17.6 Å². The Morgan fingerprint density at radius 3 is 2.17 bits per heavy atom. The minimum atomic E-state index is -4.60. The van der Waals surface area contributed by atoms with Gasteiger partial charge in [0.1, 0.15) is 5.82 Å². The number of hydrogen-bond donors (Lipinski definition) is 1. The van der Waals surface area contributed by atoms with Crippen LogP contribution in [0.3, 0.4) is 0 Å². The van der Waals surface area contributed by atoms with Crippen molar-refractivity contribution in [1.29, 1.82) is 0 Å². The van der Waals surface area contributed by atoms with Crippen LogP contribution in [-0.4, -0.2) is 24.9 Å². The summed E-state index contributed by atoms with van der Waals surface area (Å²) in [6, 6.07) is 2.31. The largest absolute Gasteiger partial charge is 0.491 e. The molecule has 0 bridgehead atoms. The molecule has 24 heavy (non-hydrogen) atoms. The van der Waals surface area contributed by atoms with Crippen LogP contribution >= 0.6 is 0 Å². The minimum absolute atomic E-state index is 0.0787. The number of halogens is 4. The molecule has 8 heteroatoms. The average Bonchev–Trinajstić information content (AvgIpc) is 2.63. The Hall–Kier alpha value is -1.38. The molecule has 2 N–H and O–H groups in total. The second kappa shape index (κ2) is 6.17. The summed E-state index contributed by atoms with van der Waals surface area (Å²) in [7, 11) is -0.885. The van der Waals surface area contributed by atoms with Gasteiger partial charge in [-0.3, -0.25) is 0 Å². The van der Waals surface area contributed by atoms with E-state index in [1.165, 1.54) is 6.08 Å². The van der Waals surface area contributed by atoms with Crippen LogP contribution in [-0.2, 0) is 15.5 Å². The van der Waals surface area contributed by atoms with E-state index < -0.39 is 35.9 Å². The summed E-state index contributed by atoms with van der Waals surface area (Å²) in [5.41, 5.74) is 3.43. The highest BCUT2D eigenvalue weighted by Gasteiger charge is 2.52. The summed E-state index contributed by atoms with van der Waals surface area (Å²) in [5, 5.41) is 0. The number of alkyl halides is 3. The predicted octanol–water partition coefficient (Wildman–Crippen LogP) is 3.82. The Labute approximate surface area is 139 Å². The molecule has 0 unspecified atom stereocenters. The van der Waals surface area contributed by atoms with Crippen molar-refractivity contribution < 1.29 is 26.9 Å². The first-order chi connectivity index (χ1) is 10.9. The van der Waals surface area contributed by atoms with Gasteiger partial charge in [0.05, 0.1) is 16.8 Å². The van der Waals surface area contributed by atoms with Crippen molar-refractivity contribution in [3.05, 3.63) is 40.6 Å². The molecule has 1 heterocycles. The quantitative estimate of drug-likeness (QED) is 0.669. The zero-order valence-electron chi connectivity index (χ0n) is 14.0. The lowest BCUT2D eigenvalue weighted by Crippen LogP contribution is -2.41. The Bertz CT molecular complexity index is 640. The molecule has 1 aromatic carbocycles. The molecule has 0 aliphatic carbocycles. The normalized spacial score (nSPS) is 20.5. The van der Waals surface area contributed by atoms with Crippen molar-refractivity contribution in [3.8, 4) is 0 Å². The third kappa shape index (κ3) is 3.65. The van der Waals surface area contributed by atoms with Gasteiger partial charge in [-0.05, 0) is 56.9 Å². The van der Waals surface area contributed by atoms with Gasteiger partial charge in [0.25, 0.3) is 0 Å². The molecule has 3 nitrogen and oxygen atoms in total. The van der Waals surface area contributed by atoms with E-state index in [1.807, 2.05) is 27.7 Å². The predicted molar refractivity (Wildman–Crippen MR) is 84.5 cm³/mol. The van der Waals surface area contributed by atoms with Crippen molar-refractivity contribution in [2.24, 2.45) is 5.73 Å². The maximum absolute atomic E-state index is 13.4. The fraction of sp³-hybridized carbons (Fsp3) is 0.500. The van der Waals surface area contributed by atoms with Gasteiger partial charge in [0, 0.05) is 6.54 Å². The van der Waals surface area contributed by atoms with E-state index in [4.69, 9.17) is 15.0 Å². The van der Waals surface area contributed by atoms with E-state index >= 15 is 0 Å². The lowest BCUT2D eigenvalue weighted by atomic mass is 9.76. The first kappa shape index (κ1) is 19.0. The SMILES string of the molecule is CC1(C)OB(C(=Cc2cc(F)ccc2C(F)(F)F)CN)OC1(C)C. The third-order valence-corrected chi connectivity index (χ3v) is 4.45. The molecule has 0 saturated carbocycles. The highest BCUT2D eigenvalue weighted by Crippen LogP contribution is 2.39. The lowest BCUT2D eigenvalue weighted by Gasteiger charge is -2.32. The standard InChI is InChI=1S/C16H20BF4NO2/c1-14(2)15(3,4)24-17(23-14)11(9-22)7-10-8-12(18)5-6-13(10)16(19,20)21/h5-8H,9,22H2,1-4H3. The fourth-order valence-electron chi connectivity index (χ4n) is 2.33. The summed E-state index contributed by atoms with van der Waals surface area (Å²) in [4.78, 5) is 0. The molecule has 1 saturated heterocycles. The minimum Gasteiger partial charge on any atom is -0.400 e. The summed E-state index contributed by atoms with van der Waals surface area (Å²) in [5.74, 6) is -0.764. The van der Waals surface area contributed by atoms with Crippen molar-refractivity contribution in [2.45, 2.75) is 45.1 Å². The molecule has 0 aromatic heterocycles. The highest BCUT2D eigenvalue weighted by molar-refractivity contribution is 6.55.